The Bertz CT molecular complexity index is 2140. The van der Waals surface area contributed by atoms with Crippen LogP contribution in [0.5, 0.6) is 0 Å². The van der Waals surface area contributed by atoms with Crippen LogP contribution in [-0.2, 0) is 0 Å². The van der Waals surface area contributed by atoms with E-state index in [1.807, 2.05) is 54.6 Å². The number of hydrogen-bond acceptors (Lipinski definition) is 3. The molecule has 0 radical (unpaired) electrons. The zero-order chi connectivity index (χ0) is 25.8. The lowest BCUT2D eigenvalue weighted by molar-refractivity contribution is 0.628. The molecule has 2 aromatic heterocycles. The Morgan fingerprint density at radius 2 is 1.18 bits per heavy atom. The standard InChI is InChI=1S/C36H22N2O/c1-2-9-23(10-3-1)36-37-32(22-33(38-36)35-21-27-13-6-7-16-34(27)39-35)30-15-8-14-28-29(30)18-17-26-19-24-11-4-5-12-25(24)20-31(26)28/h1-22H. The van der Waals surface area contributed by atoms with Gasteiger partial charge in [0.15, 0.2) is 11.6 Å². The molecule has 0 fully saturated rings. The first kappa shape index (κ1) is 21.8. The number of hydrogen-bond donors (Lipinski definition) is 0. The summed E-state index contributed by atoms with van der Waals surface area (Å²) in [4.78, 5) is 10.0. The van der Waals surface area contributed by atoms with Crippen molar-refractivity contribution >= 4 is 43.3 Å². The monoisotopic (exact) mass is 498 g/mol. The SMILES string of the molecule is c1ccc(-c2nc(-c3cc4ccccc4o3)cc(-c3cccc4c3ccc3cc5ccccc5cc34)n2)cc1. The van der Waals surface area contributed by atoms with Crippen molar-refractivity contribution in [2.45, 2.75) is 0 Å². The number of para-hydroxylation sites is 1. The summed E-state index contributed by atoms with van der Waals surface area (Å²) < 4.78 is 6.23. The number of fused-ring (bicyclic) bond motifs is 5. The molecule has 39 heavy (non-hydrogen) atoms. The van der Waals surface area contributed by atoms with Gasteiger partial charge in [0.2, 0.25) is 0 Å². The molecule has 0 bridgehead atoms. The van der Waals surface area contributed by atoms with Gasteiger partial charge in [-0.1, -0.05) is 103 Å². The van der Waals surface area contributed by atoms with E-state index in [0.717, 1.165) is 44.6 Å². The molecule has 0 unspecified atom stereocenters. The van der Waals surface area contributed by atoms with E-state index in [4.69, 9.17) is 14.4 Å². The van der Waals surface area contributed by atoms with Crippen LogP contribution < -0.4 is 0 Å². The quantitative estimate of drug-likeness (QED) is 0.180. The van der Waals surface area contributed by atoms with Gasteiger partial charge in [-0.25, -0.2) is 9.97 Å². The maximum Gasteiger partial charge on any atom is 0.160 e. The Labute approximate surface area is 225 Å². The van der Waals surface area contributed by atoms with Crippen LogP contribution in [0.3, 0.4) is 0 Å². The van der Waals surface area contributed by atoms with E-state index in [-0.39, 0.29) is 0 Å². The molecule has 0 aliphatic heterocycles. The number of rotatable bonds is 3. The van der Waals surface area contributed by atoms with E-state index in [1.54, 1.807) is 0 Å². The van der Waals surface area contributed by atoms with Crippen molar-refractivity contribution in [3.05, 3.63) is 133 Å². The predicted octanol–water partition coefficient (Wildman–Crippen LogP) is 9.68. The Hall–Kier alpha value is -5.28. The van der Waals surface area contributed by atoms with Gasteiger partial charge in [0, 0.05) is 16.5 Å². The largest absolute Gasteiger partial charge is 0.454 e. The van der Waals surface area contributed by atoms with E-state index in [2.05, 4.69) is 78.9 Å². The summed E-state index contributed by atoms with van der Waals surface area (Å²) in [6.07, 6.45) is 0. The lowest BCUT2D eigenvalue weighted by Gasteiger charge is -2.12. The molecule has 0 atom stereocenters. The normalized spacial score (nSPS) is 11.6. The predicted molar refractivity (Wildman–Crippen MR) is 161 cm³/mol. The van der Waals surface area contributed by atoms with E-state index >= 15 is 0 Å². The van der Waals surface area contributed by atoms with Crippen LogP contribution in [0.2, 0.25) is 0 Å². The lowest BCUT2D eigenvalue weighted by Crippen LogP contribution is -1.96. The second-order valence-electron chi connectivity index (χ2n) is 9.86. The minimum absolute atomic E-state index is 0.673. The molecule has 2 heterocycles. The van der Waals surface area contributed by atoms with Crippen molar-refractivity contribution in [1.29, 1.82) is 0 Å². The minimum Gasteiger partial charge on any atom is -0.454 e. The Balaban J connectivity index is 1.38. The molecule has 0 saturated heterocycles. The van der Waals surface area contributed by atoms with Crippen LogP contribution in [-0.4, -0.2) is 9.97 Å². The molecule has 0 saturated carbocycles. The van der Waals surface area contributed by atoms with Gasteiger partial charge >= 0.3 is 0 Å². The molecule has 0 spiro atoms. The van der Waals surface area contributed by atoms with Crippen molar-refractivity contribution in [3.8, 4) is 34.1 Å². The number of furan rings is 1. The van der Waals surface area contributed by atoms with Crippen molar-refractivity contribution in [2.24, 2.45) is 0 Å². The van der Waals surface area contributed by atoms with Crippen molar-refractivity contribution in [2.75, 3.05) is 0 Å². The molecule has 0 amide bonds. The minimum atomic E-state index is 0.673. The molecular formula is C36H22N2O. The van der Waals surface area contributed by atoms with Gasteiger partial charge in [0.25, 0.3) is 0 Å². The summed E-state index contributed by atoms with van der Waals surface area (Å²) in [5, 5.41) is 8.38. The lowest BCUT2D eigenvalue weighted by atomic mass is 9.94. The smallest absolute Gasteiger partial charge is 0.160 e. The third-order valence-electron chi connectivity index (χ3n) is 7.46. The van der Waals surface area contributed by atoms with Gasteiger partial charge in [-0.2, -0.15) is 0 Å². The van der Waals surface area contributed by atoms with Crippen molar-refractivity contribution in [1.82, 2.24) is 9.97 Å². The van der Waals surface area contributed by atoms with Crippen LogP contribution in [0.1, 0.15) is 0 Å². The van der Waals surface area contributed by atoms with E-state index < -0.39 is 0 Å². The summed E-state index contributed by atoms with van der Waals surface area (Å²) in [6.45, 7) is 0. The Kier molecular flexibility index (Phi) is 4.82. The first-order valence-corrected chi connectivity index (χ1v) is 13.1. The van der Waals surface area contributed by atoms with Gasteiger partial charge in [-0.15, -0.1) is 0 Å². The maximum atomic E-state index is 6.23. The second kappa shape index (κ2) is 8.64. The zero-order valence-electron chi connectivity index (χ0n) is 21.0. The molecule has 3 heteroatoms. The van der Waals surface area contributed by atoms with Gasteiger partial charge in [-0.3, -0.25) is 0 Å². The van der Waals surface area contributed by atoms with Gasteiger partial charge < -0.3 is 4.42 Å². The van der Waals surface area contributed by atoms with Crippen molar-refractivity contribution < 1.29 is 4.42 Å². The fraction of sp³-hybridized carbons (Fsp3) is 0. The molecule has 6 aromatic carbocycles. The highest BCUT2D eigenvalue weighted by Gasteiger charge is 2.16. The van der Waals surface area contributed by atoms with E-state index in [9.17, 15) is 0 Å². The number of nitrogens with zero attached hydrogens (tertiary/aromatic N) is 2. The third kappa shape index (κ3) is 3.67. The van der Waals surface area contributed by atoms with Crippen LogP contribution in [0.4, 0.5) is 0 Å². The highest BCUT2D eigenvalue weighted by atomic mass is 16.3. The molecule has 182 valence electrons. The molecule has 0 aliphatic rings. The topological polar surface area (TPSA) is 38.9 Å². The summed E-state index contributed by atoms with van der Waals surface area (Å²) in [5.74, 6) is 1.40. The van der Waals surface area contributed by atoms with E-state index in [0.29, 0.717) is 5.82 Å². The first-order chi connectivity index (χ1) is 19.3. The summed E-state index contributed by atoms with van der Waals surface area (Å²) in [7, 11) is 0. The molecule has 3 nitrogen and oxygen atoms in total. The second-order valence-corrected chi connectivity index (χ2v) is 9.86. The van der Waals surface area contributed by atoms with Gasteiger partial charge in [-0.05, 0) is 62.6 Å². The third-order valence-corrected chi connectivity index (χ3v) is 7.46. The number of benzene rings is 6. The maximum absolute atomic E-state index is 6.23. The van der Waals surface area contributed by atoms with Crippen LogP contribution >= 0.6 is 0 Å². The molecule has 0 aliphatic carbocycles. The fourth-order valence-electron chi connectivity index (χ4n) is 5.54. The highest BCUT2D eigenvalue weighted by Crippen LogP contribution is 2.37. The van der Waals surface area contributed by atoms with Crippen molar-refractivity contribution in [3.63, 3.8) is 0 Å². The highest BCUT2D eigenvalue weighted by molar-refractivity contribution is 6.15. The summed E-state index contributed by atoms with van der Waals surface area (Å²) in [6, 6.07) is 46.3. The first-order valence-electron chi connectivity index (χ1n) is 13.1. The number of aromatic nitrogens is 2. The van der Waals surface area contributed by atoms with Gasteiger partial charge in [0.05, 0.1) is 5.69 Å². The molecular weight excluding hydrogens is 476 g/mol. The summed E-state index contributed by atoms with van der Waals surface area (Å²) >= 11 is 0. The molecule has 8 rings (SSSR count). The van der Waals surface area contributed by atoms with Crippen LogP contribution in [0, 0.1) is 0 Å². The Morgan fingerprint density at radius 1 is 0.436 bits per heavy atom. The van der Waals surface area contributed by atoms with Gasteiger partial charge in [0.1, 0.15) is 11.3 Å². The molecule has 0 N–H and O–H groups in total. The molecule has 8 aromatic rings. The van der Waals surface area contributed by atoms with Crippen LogP contribution in [0.25, 0.3) is 77.4 Å². The average molecular weight is 499 g/mol. The zero-order valence-corrected chi connectivity index (χ0v) is 21.0. The van der Waals surface area contributed by atoms with Crippen LogP contribution in [0.15, 0.2) is 138 Å². The Morgan fingerprint density at radius 3 is 2.03 bits per heavy atom. The summed E-state index contributed by atoms with van der Waals surface area (Å²) in [5.41, 5.74) is 4.51. The average Bonchev–Trinajstić information content (AvgIpc) is 3.45. The fourth-order valence-corrected chi connectivity index (χ4v) is 5.54. The van der Waals surface area contributed by atoms with E-state index in [1.165, 1.54) is 26.9 Å².